The van der Waals surface area contributed by atoms with Gasteiger partial charge in [-0.2, -0.15) is 0 Å². The number of carbonyl (C=O) groups is 1. The summed E-state index contributed by atoms with van der Waals surface area (Å²) in [6.07, 6.45) is 0. The van der Waals surface area contributed by atoms with Crippen molar-refractivity contribution in [1.82, 2.24) is 5.32 Å². The molecular weight excluding hydrogens is 397 g/mol. The molecule has 0 aromatic heterocycles. The maximum atomic E-state index is 13.7. The zero-order chi connectivity index (χ0) is 22.3. The normalized spacial score (nSPS) is 11.6. The van der Waals surface area contributed by atoms with Gasteiger partial charge in [0.2, 0.25) is 0 Å². The van der Waals surface area contributed by atoms with Crippen molar-refractivity contribution in [2.45, 2.75) is 13.5 Å². The van der Waals surface area contributed by atoms with Crippen LogP contribution in [0.5, 0.6) is 0 Å². The summed E-state index contributed by atoms with van der Waals surface area (Å²) in [6.45, 7) is 2.60. The van der Waals surface area contributed by atoms with Gasteiger partial charge in [-0.25, -0.2) is 4.39 Å². The third kappa shape index (κ3) is 5.01. The maximum absolute atomic E-state index is 13.7. The molecule has 32 heavy (non-hydrogen) atoms. The number of ketones is 1. The van der Waals surface area contributed by atoms with E-state index in [1.54, 1.807) is 0 Å². The van der Waals surface area contributed by atoms with Gasteiger partial charge in [0.25, 0.3) is 0 Å². The van der Waals surface area contributed by atoms with Crippen molar-refractivity contribution in [2.75, 3.05) is 0 Å². The molecule has 0 radical (unpaired) electrons. The smallest absolute Gasteiger partial charge is 0.195 e. The number of halogens is 1. The van der Waals surface area contributed by atoms with E-state index in [0.29, 0.717) is 17.7 Å². The molecule has 4 rings (SSSR count). The molecule has 0 unspecified atom stereocenters. The number of hydrogen-bond acceptors (Lipinski definition) is 2. The van der Waals surface area contributed by atoms with Crippen LogP contribution in [0.1, 0.15) is 32.6 Å². The zero-order valence-electron chi connectivity index (χ0n) is 17.9. The summed E-state index contributed by atoms with van der Waals surface area (Å²) >= 11 is 0. The fourth-order valence-electron chi connectivity index (χ4n) is 3.58. The first-order valence-corrected chi connectivity index (χ1v) is 10.6. The van der Waals surface area contributed by atoms with Crippen molar-refractivity contribution in [1.29, 1.82) is 0 Å². The van der Waals surface area contributed by atoms with Gasteiger partial charge in [0.15, 0.2) is 5.78 Å². The van der Waals surface area contributed by atoms with Gasteiger partial charge >= 0.3 is 0 Å². The highest BCUT2D eigenvalue weighted by Crippen LogP contribution is 2.29. The van der Waals surface area contributed by atoms with E-state index in [-0.39, 0.29) is 11.6 Å². The maximum Gasteiger partial charge on any atom is 0.195 e. The Balaban J connectivity index is 1.88. The molecule has 4 aromatic carbocycles. The number of allylic oxidation sites excluding steroid dienone is 1. The Labute approximate surface area is 188 Å². The molecule has 1 N–H and O–H groups in total. The average Bonchev–Trinajstić information content (AvgIpc) is 2.84. The molecule has 0 aliphatic carbocycles. The second-order valence-corrected chi connectivity index (χ2v) is 7.66. The van der Waals surface area contributed by atoms with Gasteiger partial charge in [0, 0.05) is 12.1 Å². The van der Waals surface area contributed by atoms with E-state index in [1.165, 1.54) is 24.3 Å². The predicted octanol–water partition coefficient (Wildman–Crippen LogP) is 6.68. The van der Waals surface area contributed by atoms with E-state index >= 15 is 0 Å². The molecule has 0 fully saturated rings. The fraction of sp³-hybridized carbons (Fsp3) is 0.0690. The van der Waals surface area contributed by atoms with Gasteiger partial charge in [-0.3, -0.25) is 4.79 Å². The molecule has 158 valence electrons. The largest absolute Gasteiger partial charge is 0.380 e. The standard InChI is InChI=1S/C29H24FNO/c1-21-12-14-24(15-13-21)28(31-20-22-8-4-2-5-9-22)27(23-10-6-3-7-11-23)29(32)25-16-18-26(30)19-17-25/h2-19,31H,20H2,1H3/b28-27+. The Hall–Kier alpha value is -3.98. The second-order valence-electron chi connectivity index (χ2n) is 7.66. The van der Waals surface area contributed by atoms with Crippen molar-refractivity contribution < 1.29 is 9.18 Å². The minimum absolute atomic E-state index is 0.160. The number of rotatable bonds is 7. The van der Waals surface area contributed by atoms with Crippen LogP contribution >= 0.6 is 0 Å². The summed E-state index contributed by atoms with van der Waals surface area (Å²) in [6, 6.07) is 33.5. The molecule has 0 amide bonds. The molecular formula is C29H24FNO. The van der Waals surface area contributed by atoms with E-state index in [1.807, 2.05) is 91.9 Å². The highest BCUT2D eigenvalue weighted by Gasteiger charge is 2.21. The van der Waals surface area contributed by atoms with Crippen molar-refractivity contribution in [3.63, 3.8) is 0 Å². The first-order chi connectivity index (χ1) is 15.6. The van der Waals surface area contributed by atoms with Crippen LogP contribution in [0.2, 0.25) is 0 Å². The molecule has 0 atom stereocenters. The third-order valence-corrected chi connectivity index (χ3v) is 5.30. The molecule has 0 aliphatic rings. The van der Waals surface area contributed by atoms with Gasteiger partial charge in [-0.05, 0) is 47.9 Å². The van der Waals surface area contributed by atoms with Gasteiger partial charge in [0.05, 0.1) is 11.3 Å². The van der Waals surface area contributed by atoms with Crippen molar-refractivity contribution in [2.24, 2.45) is 0 Å². The Morgan fingerprint density at radius 3 is 1.88 bits per heavy atom. The van der Waals surface area contributed by atoms with E-state index in [2.05, 4.69) is 5.32 Å². The van der Waals surface area contributed by atoms with E-state index in [0.717, 1.165) is 28.0 Å². The summed E-state index contributed by atoms with van der Waals surface area (Å²) in [5.74, 6) is -0.528. The Bertz CT molecular complexity index is 1210. The predicted molar refractivity (Wildman–Crippen MR) is 128 cm³/mol. The van der Waals surface area contributed by atoms with Crippen LogP contribution in [0.4, 0.5) is 4.39 Å². The summed E-state index contributed by atoms with van der Waals surface area (Å²) in [4.78, 5) is 13.7. The highest BCUT2D eigenvalue weighted by atomic mass is 19.1. The Kier molecular flexibility index (Phi) is 6.57. The van der Waals surface area contributed by atoms with Crippen LogP contribution in [0.3, 0.4) is 0 Å². The molecule has 0 bridgehead atoms. The van der Waals surface area contributed by atoms with Crippen LogP contribution in [0.25, 0.3) is 11.3 Å². The minimum Gasteiger partial charge on any atom is -0.380 e. The molecule has 0 spiro atoms. The first kappa shape index (κ1) is 21.3. The van der Waals surface area contributed by atoms with Gasteiger partial charge in [0.1, 0.15) is 5.82 Å². The molecule has 3 heteroatoms. The van der Waals surface area contributed by atoms with Crippen LogP contribution in [0.15, 0.2) is 109 Å². The molecule has 0 aliphatic heterocycles. The highest BCUT2D eigenvalue weighted by molar-refractivity contribution is 6.34. The SMILES string of the molecule is Cc1ccc(/C(NCc2ccccc2)=C(\C(=O)c2ccc(F)cc2)c2ccccc2)cc1. The Morgan fingerprint density at radius 1 is 0.688 bits per heavy atom. The fourth-order valence-corrected chi connectivity index (χ4v) is 3.58. The number of nitrogens with one attached hydrogen (secondary N) is 1. The van der Waals surface area contributed by atoms with E-state index in [9.17, 15) is 9.18 Å². The molecule has 4 aromatic rings. The minimum atomic E-state index is -0.368. The lowest BCUT2D eigenvalue weighted by molar-refractivity contribution is 0.105. The lowest BCUT2D eigenvalue weighted by Crippen LogP contribution is -2.17. The zero-order valence-corrected chi connectivity index (χ0v) is 17.9. The number of Topliss-reactive ketones (excluding diaryl/α,β-unsaturated/α-hetero) is 1. The summed E-state index contributed by atoms with van der Waals surface area (Å²) < 4.78 is 13.5. The third-order valence-electron chi connectivity index (χ3n) is 5.30. The lowest BCUT2D eigenvalue weighted by Gasteiger charge is -2.18. The van der Waals surface area contributed by atoms with Crippen LogP contribution < -0.4 is 5.32 Å². The summed E-state index contributed by atoms with van der Waals surface area (Å²) in [7, 11) is 0. The van der Waals surface area contributed by atoms with E-state index < -0.39 is 0 Å². The van der Waals surface area contributed by atoms with E-state index in [4.69, 9.17) is 0 Å². The Morgan fingerprint density at radius 2 is 1.25 bits per heavy atom. The van der Waals surface area contributed by atoms with Crippen LogP contribution in [-0.4, -0.2) is 5.78 Å². The number of hydrogen-bond donors (Lipinski definition) is 1. The van der Waals surface area contributed by atoms with Gasteiger partial charge in [-0.15, -0.1) is 0 Å². The lowest BCUT2D eigenvalue weighted by atomic mass is 9.92. The molecule has 0 saturated heterocycles. The second kappa shape index (κ2) is 9.88. The van der Waals surface area contributed by atoms with Crippen LogP contribution in [0, 0.1) is 12.7 Å². The van der Waals surface area contributed by atoms with Crippen molar-refractivity contribution in [3.8, 4) is 0 Å². The average molecular weight is 422 g/mol. The van der Waals surface area contributed by atoms with Crippen LogP contribution in [-0.2, 0) is 6.54 Å². The quantitative estimate of drug-likeness (QED) is 0.205. The molecule has 2 nitrogen and oxygen atoms in total. The van der Waals surface area contributed by atoms with Gasteiger partial charge < -0.3 is 5.32 Å². The number of aryl methyl sites for hydroxylation is 1. The summed E-state index contributed by atoms with van der Waals surface area (Å²) in [5.41, 5.74) is 5.71. The van der Waals surface area contributed by atoms with Gasteiger partial charge in [-0.1, -0.05) is 90.5 Å². The first-order valence-electron chi connectivity index (χ1n) is 10.6. The van der Waals surface area contributed by atoms with Crippen molar-refractivity contribution >= 4 is 17.1 Å². The monoisotopic (exact) mass is 421 g/mol. The number of carbonyl (C=O) groups excluding carboxylic acids is 1. The molecule has 0 saturated carbocycles. The number of benzene rings is 4. The van der Waals surface area contributed by atoms with Crippen molar-refractivity contribution in [3.05, 3.63) is 143 Å². The summed E-state index contributed by atoms with van der Waals surface area (Å²) in [5, 5.41) is 3.52. The molecule has 0 heterocycles. The topological polar surface area (TPSA) is 29.1 Å².